The highest BCUT2D eigenvalue weighted by molar-refractivity contribution is 6.07. The van der Waals surface area contributed by atoms with E-state index in [0.29, 0.717) is 24.4 Å². The van der Waals surface area contributed by atoms with Crippen molar-refractivity contribution in [3.63, 3.8) is 0 Å². The smallest absolute Gasteiger partial charge is 0.246 e. The Hall–Kier alpha value is -3.00. The highest BCUT2D eigenvalue weighted by atomic mass is 16.3. The van der Waals surface area contributed by atoms with E-state index in [4.69, 9.17) is 4.42 Å². The summed E-state index contributed by atoms with van der Waals surface area (Å²) >= 11 is 0. The van der Waals surface area contributed by atoms with Gasteiger partial charge in [0.1, 0.15) is 24.0 Å². The summed E-state index contributed by atoms with van der Waals surface area (Å²) < 4.78 is 5.71. The van der Waals surface area contributed by atoms with Crippen LogP contribution >= 0.6 is 0 Å². The molecular formula is C26H34N4O4. The van der Waals surface area contributed by atoms with Crippen molar-refractivity contribution in [1.82, 2.24) is 20.5 Å². The molecule has 0 radical (unpaired) electrons. The summed E-state index contributed by atoms with van der Waals surface area (Å²) in [7, 11) is 1.73. The zero-order valence-corrected chi connectivity index (χ0v) is 20.0. The molecule has 1 aliphatic heterocycles. The van der Waals surface area contributed by atoms with Crippen LogP contribution in [0.15, 0.2) is 41.0 Å². The predicted octanol–water partition coefficient (Wildman–Crippen LogP) is 3.24. The number of carbonyl (C=O) groups is 3. The first-order chi connectivity index (χ1) is 16.5. The van der Waals surface area contributed by atoms with Crippen molar-refractivity contribution >= 4 is 17.6 Å². The maximum Gasteiger partial charge on any atom is 0.246 e. The number of likely N-dealkylation sites (N-methyl/N-ethyl adjacent to an activating group) is 1. The summed E-state index contributed by atoms with van der Waals surface area (Å²) in [6, 6.07) is 7.66. The minimum Gasteiger partial charge on any atom is -0.446 e. The largest absolute Gasteiger partial charge is 0.446 e. The molecule has 1 saturated carbocycles. The molecule has 3 atom stereocenters. The maximum absolute atomic E-state index is 13.8. The number of amides is 2. The quantitative estimate of drug-likeness (QED) is 0.579. The maximum atomic E-state index is 13.8. The van der Waals surface area contributed by atoms with Crippen LogP contribution in [0.4, 0.5) is 0 Å². The van der Waals surface area contributed by atoms with Gasteiger partial charge < -0.3 is 20.0 Å². The summed E-state index contributed by atoms with van der Waals surface area (Å²) in [5.41, 5.74) is 0.779. The van der Waals surface area contributed by atoms with Crippen LogP contribution in [0.5, 0.6) is 0 Å². The number of nitrogens with one attached hydrogen (secondary N) is 2. The van der Waals surface area contributed by atoms with Crippen LogP contribution in [0.25, 0.3) is 0 Å². The second-order valence-electron chi connectivity index (χ2n) is 9.35. The molecule has 2 fully saturated rings. The highest BCUT2D eigenvalue weighted by Gasteiger charge is 2.40. The van der Waals surface area contributed by atoms with Crippen LogP contribution in [0, 0.1) is 5.92 Å². The zero-order chi connectivity index (χ0) is 24.1. The molecule has 1 aliphatic carbocycles. The van der Waals surface area contributed by atoms with Gasteiger partial charge in [-0.1, -0.05) is 49.6 Å². The monoisotopic (exact) mass is 466 g/mol. The summed E-state index contributed by atoms with van der Waals surface area (Å²) in [6.07, 6.45) is 8.07. The molecule has 2 heterocycles. The fourth-order valence-electron chi connectivity index (χ4n) is 5.01. The van der Waals surface area contributed by atoms with E-state index in [-0.39, 0.29) is 41.3 Å². The second-order valence-corrected chi connectivity index (χ2v) is 9.35. The van der Waals surface area contributed by atoms with Gasteiger partial charge in [-0.2, -0.15) is 0 Å². The fourth-order valence-corrected chi connectivity index (χ4v) is 5.01. The molecule has 4 rings (SSSR count). The molecule has 2 aliphatic rings. The Balaban J connectivity index is 1.53. The van der Waals surface area contributed by atoms with E-state index < -0.39 is 6.04 Å². The molecule has 1 aromatic heterocycles. The lowest BCUT2D eigenvalue weighted by atomic mass is 9.83. The molecule has 2 aromatic rings. The minimum atomic E-state index is -0.565. The van der Waals surface area contributed by atoms with E-state index >= 15 is 0 Å². The lowest BCUT2D eigenvalue weighted by molar-refractivity contribution is -0.140. The van der Waals surface area contributed by atoms with Crippen LogP contribution in [-0.4, -0.2) is 53.2 Å². The van der Waals surface area contributed by atoms with Crippen molar-refractivity contribution in [2.24, 2.45) is 5.92 Å². The topological polar surface area (TPSA) is 105 Å². The average Bonchev–Trinajstić information content (AvgIpc) is 3.57. The Bertz CT molecular complexity index is 999. The number of nitrogens with zero attached hydrogens (tertiary/aromatic N) is 2. The van der Waals surface area contributed by atoms with Gasteiger partial charge in [0.2, 0.25) is 23.5 Å². The van der Waals surface area contributed by atoms with Gasteiger partial charge in [0.25, 0.3) is 0 Å². The number of hydrogen-bond acceptors (Lipinski definition) is 6. The number of benzene rings is 1. The normalized spacial score (nSPS) is 20.6. The first-order valence-corrected chi connectivity index (χ1v) is 12.3. The number of ketones is 1. The van der Waals surface area contributed by atoms with E-state index in [1.807, 2.05) is 6.07 Å². The van der Waals surface area contributed by atoms with Gasteiger partial charge in [-0.05, 0) is 45.6 Å². The fraction of sp³-hybridized carbons (Fsp3) is 0.538. The molecule has 34 heavy (non-hydrogen) atoms. The van der Waals surface area contributed by atoms with Crippen LogP contribution in [0.2, 0.25) is 0 Å². The van der Waals surface area contributed by atoms with Crippen LogP contribution in [-0.2, 0) is 9.59 Å². The summed E-state index contributed by atoms with van der Waals surface area (Å²) in [6.45, 7) is 2.36. The van der Waals surface area contributed by atoms with Crippen molar-refractivity contribution in [3.8, 4) is 0 Å². The molecule has 1 aromatic carbocycles. The Morgan fingerprint density at radius 1 is 1.06 bits per heavy atom. The van der Waals surface area contributed by atoms with E-state index in [1.165, 1.54) is 12.7 Å². The van der Waals surface area contributed by atoms with Gasteiger partial charge in [-0.25, -0.2) is 4.98 Å². The molecule has 2 unspecified atom stereocenters. The minimum absolute atomic E-state index is 0.0832. The van der Waals surface area contributed by atoms with Crippen molar-refractivity contribution in [2.75, 3.05) is 13.6 Å². The summed E-state index contributed by atoms with van der Waals surface area (Å²) in [4.78, 5) is 45.5. The van der Waals surface area contributed by atoms with Gasteiger partial charge in [-0.3, -0.25) is 14.4 Å². The lowest BCUT2D eigenvalue weighted by Gasteiger charge is -2.34. The van der Waals surface area contributed by atoms with Gasteiger partial charge in [0.05, 0.1) is 6.04 Å². The molecular weight excluding hydrogens is 432 g/mol. The number of likely N-dealkylation sites (tertiary alicyclic amines) is 1. The van der Waals surface area contributed by atoms with Gasteiger partial charge >= 0.3 is 0 Å². The molecule has 182 valence electrons. The lowest BCUT2D eigenvalue weighted by Crippen LogP contribution is -2.55. The molecule has 2 N–H and O–H groups in total. The Kier molecular flexibility index (Phi) is 7.77. The molecule has 2 amide bonds. The van der Waals surface area contributed by atoms with Gasteiger partial charge in [0.15, 0.2) is 0 Å². The number of carbonyl (C=O) groups excluding carboxylic acids is 3. The van der Waals surface area contributed by atoms with E-state index in [9.17, 15) is 14.4 Å². The Labute approximate surface area is 200 Å². The summed E-state index contributed by atoms with van der Waals surface area (Å²) in [5.74, 6) is 0.0341. The first kappa shape index (κ1) is 24.1. The first-order valence-electron chi connectivity index (χ1n) is 12.3. The molecule has 8 heteroatoms. The zero-order valence-electron chi connectivity index (χ0n) is 20.0. The van der Waals surface area contributed by atoms with Crippen molar-refractivity contribution in [2.45, 2.75) is 70.0 Å². The number of oxazole rings is 1. The van der Waals surface area contributed by atoms with Crippen molar-refractivity contribution in [1.29, 1.82) is 0 Å². The highest BCUT2D eigenvalue weighted by Crippen LogP contribution is 2.35. The predicted molar refractivity (Wildman–Crippen MR) is 127 cm³/mol. The van der Waals surface area contributed by atoms with E-state index in [0.717, 1.165) is 32.1 Å². The third-order valence-corrected chi connectivity index (χ3v) is 7.12. The second kappa shape index (κ2) is 11.0. The van der Waals surface area contributed by atoms with Gasteiger partial charge in [-0.15, -0.1) is 0 Å². The Morgan fingerprint density at radius 3 is 2.50 bits per heavy atom. The number of hydrogen-bond donors (Lipinski definition) is 2. The summed E-state index contributed by atoms with van der Waals surface area (Å²) in [5, 5.41) is 5.98. The standard InChI is InChI=1S/C26H34N4O4/c1-17(27-2)24(32)29-22(18-10-5-3-6-11-18)26(33)30-15-9-14-21(30)25-28-20(16-34-25)23(31)19-12-7-4-8-13-19/h4,7-8,12-13,16-18,21-22,27H,3,5-6,9-11,14-15H2,1-2H3,(H,29,32)/t17?,21?,22-/m0/s1. The number of rotatable bonds is 8. The Morgan fingerprint density at radius 2 is 1.79 bits per heavy atom. The molecule has 1 saturated heterocycles. The van der Waals surface area contributed by atoms with E-state index in [2.05, 4.69) is 15.6 Å². The third-order valence-electron chi connectivity index (χ3n) is 7.12. The number of aromatic nitrogens is 1. The van der Waals surface area contributed by atoms with Crippen LogP contribution in [0.1, 0.15) is 79.9 Å². The average molecular weight is 467 g/mol. The van der Waals surface area contributed by atoms with Crippen LogP contribution in [0.3, 0.4) is 0 Å². The molecule has 0 bridgehead atoms. The van der Waals surface area contributed by atoms with Crippen LogP contribution < -0.4 is 10.6 Å². The molecule has 0 spiro atoms. The molecule has 8 nitrogen and oxygen atoms in total. The van der Waals surface area contributed by atoms with Gasteiger partial charge in [0, 0.05) is 12.1 Å². The van der Waals surface area contributed by atoms with Crippen molar-refractivity contribution in [3.05, 3.63) is 53.7 Å². The van der Waals surface area contributed by atoms with Crippen molar-refractivity contribution < 1.29 is 18.8 Å². The van der Waals surface area contributed by atoms with E-state index in [1.54, 1.807) is 43.1 Å². The SMILES string of the molecule is CNC(C)C(=O)N[C@H](C(=O)N1CCCC1c1nc(C(=O)c2ccccc2)co1)C1CCCCC1. The third kappa shape index (κ3) is 5.22.